The van der Waals surface area contributed by atoms with Gasteiger partial charge in [0.05, 0.1) is 17.9 Å². The topological polar surface area (TPSA) is 38.7 Å². The minimum atomic E-state index is -0.318. The van der Waals surface area contributed by atoms with Crippen LogP contribution in [-0.2, 0) is 4.74 Å². The number of hydrogen-bond acceptors (Lipinski definition) is 3. The summed E-state index contributed by atoms with van der Waals surface area (Å²) in [5.74, 6) is 2.10. The zero-order chi connectivity index (χ0) is 10.4. The van der Waals surface area contributed by atoms with Crippen LogP contribution in [0.5, 0.6) is 0 Å². The lowest BCUT2D eigenvalue weighted by atomic mass is 10.2. The Balaban J connectivity index is 2.82. The summed E-state index contributed by atoms with van der Waals surface area (Å²) in [7, 11) is 0. The monoisotopic (exact) mass is 189 g/mol. The average molecular weight is 189 g/mol. The van der Waals surface area contributed by atoms with Crippen LogP contribution in [0, 0.1) is 0 Å². The van der Waals surface area contributed by atoms with E-state index < -0.39 is 0 Å². The van der Waals surface area contributed by atoms with Crippen LogP contribution in [0.25, 0.3) is 0 Å². The maximum absolute atomic E-state index is 11.2. The molecule has 0 aliphatic rings. The third-order valence-electron chi connectivity index (χ3n) is 1.59. The minimum absolute atomic E-state index is 0.318. The van der Waals surface area contributed by atoms with Gasteiger partial charge < -0.3 is 4.74 Å². The van der Waals surface area contributed by atoms with Crippen molar-refractivity contribution in [3.8, 4) is 0 Å². The van der Waals surface area contributed by atoms with Gasteiger partial charge in [-0.1, -0.05) is 0 Å². The number of esters is 1. The summed E-state index contributed by atoms with van der Waals surface area (Å²) in [6.45, 7) is 5.51. The van der Waals surface area contributed by atoms with Gasteiger partial charge in [0.25, 0.3) is 0 Å². The highest BCUT2D eigenvalue weighted by Gasteiger charge is 2.04. The van der Waals surface area contributed by atoms with Crippen molar-refractivity contribution in [2.24, 2.45) is 4.99 Å². The van der Waals surface area contributed by atoms with E-state index >= 15 is 0 Å². The molecule has 1 rings (SSSR count). The lowest BCUT2D eigenvalue weighted by Gasteiger charge is -2.00. The SMILES string of the molecule is C=C=Nc1ccc(C(=O)OCC)cc1. The Labute approximate surface area is 82.7 Å². The Morgan fingerprint density at radius 1 is 1.50 bits per heavy atom. The summed E-state index contributed by atoms with van der Waals surface area (Å²) in [6, 6.07) is 6.75. The number of benzene rings is 1. The molecule has 0 spiro atoms. The lowest BCUT2D eigenvalue weighted by molar-refractivity contribution is 0.0526. The number of carbonyl (C=O) groups excluding carboxylic acids is 1. The molecule has 3 heteroatoms. The zero-order valence-electron chi connectivity index (χ0n) is 7.99. The van der Waals surface area contributed by atoms with Gasteiger partial charge in [0.15, 0.2) is 0 Å². The molecule has 1 aromatic rings. The first-order valence-corrected chi connectivity index (χ1v) is 4.28. The molecule has 0 aliphatic heterocycles. The van der Waals surface area contributed by atoms with Crippen molar-refractivity contribution in [1.29, 1.82) is 0 Å². The van der Waals surface area contributed by atoms with Gasteiger partial charge in [-0.3, -0.25) is 0 Å². The van der Waals surface area contributed by atoms with Crippen LogP contribution in [0.15, 0.2) is 35.8 Å². The third kappa shape index (κ3) is 2.57. The fraction of sp³-hybridized carbons (Fsp3) is 0.182. The Bertz CT molecular complexity index is 361. The molecule has 0 aliphatic carbocycles. The van der Waals surface area contributed by atoms with E-state index in [0.29, 0.717) is 17.9 Å². The fourth-order valence-electron chi connectivity index (χ4n) is 0.978. The molecular weight excluding hydrogens is 178 g/mol. The molecule has 0 aromatic heterocycles. The first-order valence-electron chi connectivity index (χ1n) is 4.28. The van der Waals surface area contributed by atoms with Gasteiger partial charge in [-0.15, -0.1) is 0 Å². The molecule has 0 saturated carbocycles. The van der Waals surface area contributed by atoms with Crippen molar-refractivity contribution in [2.45, 2.75) is 6.92 Å². The van der Waals surface area contributed by atoms with Crippen LogP contribution in [0.2, 0.25) is 0 Å². The van der Waals surface area contributed by atoms with E-state index in [4.69, 9.17) is 4.74 Å². The van der Waals surface area contributed by atoms with E-state index in [0.717, 1.165) is 0 Å². The molecule has 0 radical (unpaired) electrons. The molecule has 0 unspecified atom stereocenters. The maximum atomic E-state index is 11.2. The molecule has 0 atom stereocenters. The van der Waals surface area contributed by atoms with Gasteiger partial charge >= 0.3 is 5.97 Å². The van der Waals surface area contributed by atoms with E-state index in [1.54, 1.807) is 31.2 Å². The van der Waals surface area contributed by atoms with Crippen molar-refractivity contribution in [2.75, 3.05) is 6.61 Å². The van der Waals surface area contributed by atoms with Gasteiger partial charge in [0.1, 0.15) is 0 Å². The number of hydrogen-bond donors (Lipinski definition) is 0. The second-order valence-electron chi connectivity index (χ2n) is 2.54. The van der Waals surface area contributed by atoms with Crippen LogP contribution in [-0.4, -0.2) is 18.4 Å². The highest BCUT2D eigenvalue weighted by molar-refractivity contribution is 5.89. The molecule has 3 nitrogen and oxygen atoms in total. The second-order valence-corrected chi connectivity index (χ2v) is 2.54. The van der Waals surface area contributed by atoms with Gasteiger partial charge in [-0.05, 0) is 43.6 Å². The standard InChI is InChI=1S/C11H11NO2/c1-3-12-10-7-5-9(6-8-10)11(13)14-4-2/h5-8H,1,4H2,2H3. The molecular formula is C11H11NO2. The Kier molecular flexibility index (Phi) is 3.65. The van der Waals surface area contributed by atoms with Crippen molar-refractivity contribution < 1.29 is 9.53 Å². The maximum Gasteiger partial charge on any atom is 0.338 e. The van der Waals surface area contributed by atoms with Crippen LogP contribution in [0.3, 0.4) is 0 Å². The highest BCUT2D eigenvalue weighted by atomic mass is 16.5. The number of nitrogens with zero attached hydrogens (tertiary/aromatic N) is 1. The predicted molar refractivity (Wildman–Crippen MR) is 55.1 cm³/mol. The van der Waals surface area contributed by atoms with Gasteiger partial charge in [0, 0.05) is 0 Å². The van der Waals surface area contributed by atoms with E-state index in [2.05, 4.69) is 17.4 Å². The Morgan fingerprint density at radius 2 is 2.14 bits per heavy atom. The lowest BCUT2D eigenvalue weighted by Crippen LogP contribution is -2.03. The van der Waals surface area contributed by atoms with Gasteiger partial charge in [-0.25, -0.2) is 9.79 Å². The molecule has 0 bridgehead atoms. The smallest absolute Gasteiger partial charge is 0.338 e. The Morgan fingerprint density at radius 3 is 2.64 bits per heavy atom. The normalized spacial score (nSPS) is 8.93. The molecule has 0 saturated heterocycles. The molecule has 0 amide bonds. The second kappa shape index (κ2) is 5.00. The fourth-order valence-corrected chi connectivity index (χ4v) is 0.978. The highest BCUT2D eigenvalue weighted by Crippen LogP contribution is 2.12. The van der Waals surface area contributed by atoms with Crippen LogP contribution >= 0.6 is 0 Å². The molecule has 1 aromatic carbocycles. The zero-order valence-corrected chi connectivity index (χ0v) is 7.99. The number of ether oxygens (including phenoxy) is 1. The summed E-state index contributed by atoms with van der Waals surface area (Å²) in [6.07, 6.45) is 0. The molecule has 72 valence electrons. The summed E-state index contributed by atoms with van der Waals surface area (Å²) in [5, 5.41) is 0. The van der Waals surface area contributed by atoms with Crippen molar-refractivity contribution in [3.05, 3.63) is 36.4 Å². The minimum Gasteiger partial charge on any atom is -0.462 e. The number of aliphatic imine (C=N–C) groups is 1. The van der Waals surface area contributed by atoms with Crippen LogP contribution in [0.4, 0.5) is 5.69 Å². The van der Waals surface area contributed by atoms with E-state index in [-0.39, 0.29) is 5.97 Å². The third-order valence-corrected chi connectivity index (χ3v) is 1.59. The summed E-state index contributed by atoms with van der Waals surface area (Å²) < 4.78 is 4.83. The van der Waals surface area contributed by atoms with Gasteiger partial charge in [-0.2, -0.15) is 0 Å². The van der Waals surface area contributed by atoms with E-state index in [1.165, 1.54) is 0 Å². The van der Waals surface area contributed by atoms with E-state index in [9.17, 15) is 4.79 Å². The van der Waals surface area contributed by atoms with Crippen molar-refractivity contribution in [1.82, 2.24) is 0 Å². The molecule has 0 fully saturated rings. The van der Waals surface area contributed by atoms with Crippen molar-refractivity contribution >= 4 is 17.5 Å². The molecule has 14 heavy (non-hydrogen) atoms. The largest absolute Gasteiger partial charge is 0.462 e. The Hall–Kier alpha value is -1.86. The van der Waals surface area contributed by atoms with E-state index in [1.807, 2.05) is 0 Å². The molecule has 0 heterocycles. The number of rotatable bonds is 3. The first-order chi connectivity index (χ1) is 6.77. The van der Waals surface area contributed by atoms with Gasteiger partial charge in [0.2, 0.25) is 0 Å². The molecule has 0 N–H and O–H groups in total. The van der Waals surface area contributed by atoms with Crippen LogP contribution in [0.1, 0.15) is 17.3 Å². The quantitative estimate of drug-likeness (QED) is 0.540. The first kappa shape index (κ1) is 10.2. The van der Waals surface area contributed by atoms with Crippen LogP contribution < -0.4 is 0 Å². The summed E-state index contributed by atoms with van der Waals surface area (Å²) in [4.78, 5) is 15.1. The predicted octanol–water partition coefficient (Wildman–Crippen LogP) is 2.35. The summed E-state index contributed by atoms with van der Waals surface area (Å²) >= 11 is 0. The average Bonchev–Trinajstić information content (AvgIpc) is 2.20. The van der Waals surface area contributed by atoms with Crippen molar-refractivity contribution in [3.63, 3.8) is 0 Å². The number of carbonyl (C=O) groups is 1. The summed E-state index contributed by atoms with van der Waals surface area (Å²) in [5.41, 5.74) is 1.24.